The molecule has 7 heteroatoms. The maximum Gasteiger partial charge on any atom is 0.147 e. The van der Waals surface area contributed by atoms with Crippen LogP contribution in [0.4, 0.5) is 11.6 Å². The number of hydrogen-bond acceptors (Lipinski definition) is 5. The average Bonchev–Trinajstić information content (AvgIpc) is 2.55. The van der Waals surface area contributed by atoms with E-state index >= 15 is 0 Å². The lowest BCUT2D eigenvalue weighted by Crippen LogP contribution is -2.44. The van der Waals surface area contributed by atoms with Crippen molar-refractivity contribution >= 4 is 39.2 Å². The summed E-state index contributed by atoms with van der Waals surface area (Å²) in [5.74, 6) is 1.83. The molecule has 3 rings (SSSR count). The molecule has 5 nitrogen and oxygen atoms in total. The van der Waals surface area contributed by atoms with Crippen LogP contribution < -0.4 is 9.80 Å². The normalized spacial score (nSPS) is 15.9. The van der Waals surface area contributed by atoms with Crippen molar-refractivity contribution in [1.82, 2.24) is 15.0 Å². The summed E-state index contributed by atoms with van der Waals surface area (Å²) < 4.78 is 0.902. The Labute approximate surface area is 143 Å². The van der Waals surface area contributed by atoms with E-state index in [1.54, 1.807) is 18.7 Å². The molecule has 1 aliphatic rings. The highest BCUT2D eigenvalue weighted by molar-refractivity contribution is 9.10. The van der Waals surface area contributed by atoms with Crippen LogP contribution in [0.3, 0.4) is 0 Å². The summed E-state index contributed by atoms with van der Waals surface area (Å²) in [7, 11) is 2.09. The lowest BCUT2D eigenvalue weighted by atomic mass is 10.0. The highest BCUT2D eigenvalue weighted by atomic mass is 79.9. The summed E-state index contributed by atoms with van der Waals surface area (Å²) in [4.78, 5) is 17.2. The maximum atomic E-state index is 6.30. The van der Waals surface area contributed by atoms with Gasteiger partial charge in [-0.05, 0) is 40.9 Å². The van der Waals surface area contributed by atoms with Crippen molar-refractivity contribution in [2.24, 2.45) is 0 Å². The van der Waals surface area contributed by atoms with Crippen LogP contribution in [0.15, 0.2) is 35.3 Å². The summed E-state index contributed by atoms with van der Waals surface area (Å²) in [6.45, 7) is 1.88. The molecule has 0 amide bonds. The van der Waals surface area contributed by atoms with Gasteiger partial charge in [0.05, 0.1) is 5.02 Å². The first-order valence-electron chi connectivity index (χ1n) is 7.20. The average molecular weight is 383 g/mol. The van der Waals surface area contributed by atoms with Crippen LogP contribution >= 0.6 is 27.5 Å². The largest absolute Gasteiger partial charge is 0.356 e. The first-order valence-corrected chi connectivity index (χ1v) is 8.37. The summed E-state index contributed by atoms with van der Waals surface area (Å²) in [6.07, 6.45) is 7.26. The molecule has 0 spiro atoms. The van der Waals surface area contributed by atoms with E-state index in [1.165, 1.54) is 0 Å². The molecule has 0 radical (unpaired) electrons. The number of pyridine rings is 1. The molecule has 22 heavy (non-hydrogen) atoms. The highest BCUT2D eigenvalue weighted by Crippen LogP contribution is 2.29. The summed E-state index contributed by atoms with van der Waals surface area (Å²) in [5, 5.41) is 0.692. The minimum absolute atomic E-state index is 0.473. The van der Waals surface area contributed by atoms with Gasteiger partial charge in [-0.15, -0.1) is 0 Å². The topological polar surface area (TPSA) is 45.2 Å². The quantitative estimate of drug-likeness (QED) is 0.814. The van der Waals surface area contributed by atoms with E-state index in [4.69, 9.17) is 11.6 Å². The van der Waals surface area contributed by atoms with Gasteiger partial charge in [0.25, 0.3) is 0 Å². The maximum absolute atomic E-state index is 6.30. The molecule has 1 aliphatic heterocycles. The first-order chi connectivity index (χ1) is 10.6. The second kappa shape index (κ2) is 6.79. The number of piperidine rings is 1. The second-order valence-electron chi connectivity index (χ2n) is 5.36. The van der Waals surface area contributed by atoms with Crippen LogP contribution in [0.5, 0.6) is 0 Å². The molecular weight excluding hydrogens is 366 g/mol. The van der Waals surface area contributed by atoms with Gasteiger partial charge in [-0.1, -0.05) is 11.6 Å². The third-order valence-electron chi connectivity index (χ3n) is 4.03. The van der Waals surface area contributed by atoms with E-state index in [1.807, 2.05) is 12.1 Å². The monoisotopic (exact) mass is 381 g/mol. The Bertz CT molecular complexity index is 631. The van der Waals surface area contributed by atoms with Gasteiger partial charge in [0, 0.05) is 43.0 Å². The predicted molar refractivity (Wildman–Crippen MR) is 92.6 cm³/mol. The molecule has 0 N–H and O–H groups in total. The van der Waals surface area contributed by atoms with Crippen molar-refractivity contribution < 1.29 is 0 Å². The highest BCUT2D eigenvalue weighted by Gasteiger charge is 2.25. The van der Waals surface area contributed by atoms with E-state index < -0.39 is 0 Å². The predicted octanol–water partition coefficient (Wildman–Crippen LogP) is 3.39. The standard InChI is InChI=1S/C15H17BrClN5/c1-21(14-2-5-18-10-20-14)12-3-6-22(7-4-12)15-13(17)8-11(16)9-19-15/h2,5,8-10,12H,3-4,6-7H2,1H3. The lowest BCUT2D eigenvalue weighted by molar-refractivity contribution is 0.478. The van der Waals surface area contributed by atoms with Gasteiger partial charge in [-0.2, -0.15) is 0 Å². The molecule has 0 aliphatic carbocycles. The number of aromatic nitrogens is 3. The Morgan fingerprint density at radius 2 is 2.09 bits per heavy atom. The third-order valence-corrected chi connectivity index (χ3v) is 4.74. The van der Waals surface area contributed by atoms with E-state index in [0.717, 1.165) is 42.0 Å². The number of rotatable bonds is 3. The lowest BCUT2D eigenvalue weighted by Gasteiger charge is -2.38. The van der Waals surface area contributed by atoms with Crippen molar-refractivity contribution in [3.8, 4) is 0 Å². The van der Waals surface area contributed by atoms with Crippen LogP contribution in [-0.4, -0.2) is 41.1 Å². The van der Waals surface area contributed by atoms with E-state index in [2.05, 4.69) is 47.7 Å². The number of anilines is 2. The fraction of sp³-hybridized carbons (Fsp3) is 0.400. The molecule has 0 unspecified atom stereocenters. The molecule has 1 saturated heterocycles. The van der Waals surface area contributed by atoms with Gasteiger partial charge < -0.3 is 9.80 Å². The SMILES string of the molecule is CN(c1ccncn1)C1CCN(c2ncc(Br)cc2Cl)CC1. The molecule has 2 aromatic rings. The van der Waals surface area contributed by atoms with E-state index in [0.29, 0.717) is 11.1 Å². The van der Waals surface area contributed by atoms with E-state index in [9.17, 15) is 0 Å². The summed E-state index contributed by atoms with van der Waals surface area (Å²) >= 11 is 9.69. The smallest absolute Gasteiger partial charge is 0.147 e. The third kappa shape index (κ3) is 3.33. The molecule has 1 fully saturated rings. The van der Waals surface area contributed by atoms with Gasteiger partial charge >= 0.3 is 0 Å². The Morgan fingerprint density at radius 3 is 2.73 bits per heavy atom. The zero-order valence-electron chi connectivity index (χ0n) is 12.3. The van der Waals surface area contributed by atoms with Crippen molar-refractivity contribution in [2.45, 2.75) is 18.9 Å². The van der Waals surface area contributed by atoms with Crippen molar-refractivity contribution in [3.05, 3.63) is 40.3 Å². The van der Waals surface area contributed by atoms with Crippen LogP contribution in [0.2, 0.25) is 5.02 Å². The minimum Gasteiger partial charge on any atom is -0.356 e. The summed E-state index contributed by atoms with van der Waals surface area (Å²) in [5.41, 5.74) is 0. The molecule has 116 valence electrons. The van der Waals surface area contributed by atoms with Gasteiger partial charge in [0.15, 0.2) is 0 Å². The summed E-state index contributed by atoms with van der Waals surface area (Å²) in [6, 6.07) is 4.31. The van der Waals surface area contributed by atoms with Crippen LogP contribution in [0.25, 0.3) is 0 Å². The molecule has 0 saturated carbocycles. The Balaban J connectivity index is 1.65. The Kier molecular flexibility index (Phi) is 4.78. The zero-order chi connectivity index (χ0) is 15.5. The van der Waals surface area contributed by atoms with Crippen molar-refractivity contribution in [2.75, 3.05) is 29.9 Å². The first kappa shape index (κ1) is 15.5. The van der Waals surface area contributed by atoms with E-state index in [-0.39, 0.29) is 0 Å². The molecule has 0 bridgehead atoms. The molecule has 2 aromatic heterocycles. The number of halogens is 2. The molecule has 0 aromatic carbocycles. The van der Waals surface area contributed by atoms with Crippen molar-refractivity contribution in [3.63, 3.8) is 0 Å². The molecular formula is C15H17BrClN5. The molecule has 0 atom stereocenters. The molecule has 3 heterocycles. The van der Waals surface area contributed by atoms with Gasteiger partial charge in [0.1, 0.15) is 18.0 Å². The fourth-order valence-electron chi connectivity index (χ4n) is 2.78. The number of nitrogens with zero attached hydrogens (tertiary/aromatic N) is 5. The van der Waals surface area contributed by atoms with Crippen LogP contribution in [0, 0.1) is 0 Å². The van der Waals surface area contributed by atoms with Crippen LogP contribution in [0.1, 0.15) is 12.8 Å². The van der Waals surface area contributed by atoms with Crippen LogP contribution in [-0.2, 0) is 0 Å². The zero-order valence-corrected chi connectivity index (χ0v) is 14.6. The Hall–Kier alpha value is -1.40. The van der Waals surface area contributed by atoms with Gasteiger partial charge in [-0.25, -0.2) is 15.0 Å². The van der Waals surface area contributed by atoms with Gasteiger partial charge in [0.2, 0.25) is 0 Å². The second-order valence-corrected chi connectivity index (χ2v) is 6.68. The minimum atomic E-state index is 0.473. The number of hydrogen-bond donors (Lipinski definition) is 0. The Morgan fingerprint density at radius 1 is 1.32 bits per heavy atom. The fourth-order valence-corrected chi connectivity index (χ4v) is 3.53. The van der Waals surface area contributed by atoms with Gasteiger partial charge in [-0.3, -0.25) is 0 Å². The van der Waals surface area contributed by atoms with Crippen molar-refractivity contribution in [1.29, 1.82) is 0 Å².